The van der Waals surface area contributed by atoms with Crippen molar-refractivity contribution in [1.82, 2.24) is 0 Å². The van der Waals surface area contributed by atoms with E-state index in [2.05, 4.69) is 0 Å². The van der Waals surface area contributed by atoms with Gasteiger partial charge in [-0.1, -0.05) is 60.7 Å². The lowest BCUT2D eigenvalue weighted by Crippen LogP contribution is -2.01. The minimum absolute atomic E-state index is 0.615. The summed E-state index contributed by atoms with van der Waals surface area (Å²) >= 11 is 0. The fourth-order valence-corrected chi connectivity index (χ4v) is 5.41. The Labute approximate surface area is 191 Å². The standard InChI is InChI=1S/C30H14F4/c31-21-11-17-19(13-23(21)33)29-26(16-9-5-2-6-10-16)30-20-14-24(34)22(32)12-18(20)28(30)25(27(17)29)15-7-3-1-4-8-15/h1-14H. The Hall–Kier alpha value is -4.18. The van der Waals surface area contributed by atoms with Crippen molar-refractivity contribution in [2.24, 2.45) is 0 Å². The molecule has 0 spiro atoms. The molecule has 0 aliphatic rings. The normalized spacial score (nSPS) is 12.1. The molecule has 162 valence electrons. The first-order chi connectivity index (χ1) is 16.5. The highest BCUT2D eigenvalue weighted by Gasteiger charge is 2.29. The van der Waals surface area contributed by atoms with Crippen LogP contribution in [0, 0.1) is 23.3 Å². The first-order valence-corrected chi connectivity index (χ1v) is 10.9. The summed E-state index contributed by atoms with van der Waals surface area (Å²) in [6.45, 7) is 0. The SMILES string of the molecule is Fc1cc2c(cc1F)c1c(-c3ccccc3)c3c4cc(F)c(F)cc4c3c(-c3ccccc3)c21. The van der Waals surface area contributed by atoms with Crippen LogP contribution in [0.25, 0.3) is 65.3 Å². The smallest absolute Gasteiger partial charge is 0.159 e. The molecule has 0 heterocycles. The second-order valence-corrected chi connectivity index (χ2v) is 8.61. The van der Waals surface area contributed by atoms with Gasteiger partial charge in [0, 0.05) is 0 Å². The molecule has 4 heteroatoms. The average molecular weight is 450 g/mol. The summed E-state index contributed by atoms with van der Waals surface area (Å²) in [7, 11) is 0. The minimum atomic E-state index is -0.916. The van der Waals surface area contributed by atoms with Gasteiger partial charge in [0.05, 0.1) is 0 Å². The Morgan fingerprint density at radius 2 is 0.618 bits per heavy atom. The summed E-state index contributed by atoms with van der Waals surface area (Å²) in [4.78, 5) is 0. The zero-order valence-corrected chi connectivity index (χ0v) is 17.6. The summed E-state index contributed by atoms with van der Waals surface area (Å²) in [5, 5.41) is 5.66. The highest BCUT2D eigenvalue weighted by molar-refractivity contribution is 6.46. The third kappa shape index (κ3) is 2.37. The lowest BCUT2D eigenvalue weighted by Gasteiger charge is -2.27. The van der Waals surface area contributed by atoms with Crippen LogP contribution in [0.15, 0.2) is 84.9 Å². The van der Waals surface area contributed by atoms with E-state index >= 15 is 0 Å². The van der Waals surface area contributed by atoms with Crippen LogP contribution in [-0.4, -0.2) is 0 Å². The summed E-state index contributed by atoms with van der Waals surface area (Å²) in [5.74, 6) is -3.66. The predicted molar refractivity (Wildman–Crippen MR) is 130 cm³/mol. The largest absolute Gasteiger partial charge is 0.204 e. The van der Waals surface area contributed by atoms with Crippen molar-refractivity contribution in [2.75, 3.05) is 0 Å². The summed E-state index contributed by atoms with van der Waals surface area (Å²) in [6, 6.07) is 24.0. The number of fused-ring (bicyclic) bond motifs is 8. The number of rotatable bonds is 2. The maximum absolute atomic E-state index is 14.3. The van der Waals surface area contributed by atoms with E-state index in [-0.39, 0.29) is 0 Å². The maximum atomic E-state index is 14.3. The van der Waals surface area contributed by atoms with Gasteiger partial charge in [-0.05, 0) is 89.6 Å². The van der Waals surface area contributed by atoms with E-state index in [9.17, 15) is 17.6 Å². The Morgan fingerprint density at radius 3 is 0.882 bits per heavy atom. The van der Waals surface area contributed by atoms with Crippen molar-refractivity contribution < 1.29 is 17.6 Å². The average Bonchev–Trinajstić information content (AvgIpc) is 2.86. The molecule has 7 rings (SSSR count). The lowest BCUT2D eigenvalue weighted by atomic mass is 9.75. The van der Waals surface area contributed by atoms with Crippen molar-refractivity contribution >= 4 is 43.1 Å². The highest BCUT2D eigenvalue weighted by Crippen LogP contribution is 2.56. The van der Waals surface area contributed by atoms with Gasteiger partial charge in [0.25, 0.3) is 0 Å². The van der Waals surface area contributed by atoms with Gasteiger partial charge in [-0.15, -0.1) is 0 Å². The topological polar surface area (TPSA) is 0 Å². The van der Waals surface area contributed by atoms with Crippen LogP contribution >= 0.6 is 0 Å². The Bertz CT molecular complexity index is 1640. The van der Waals surface area contributed by atoms with Crippen LogP contribution in [-0.2, 0) is 0 Å². The molecule has 0 unspecified atom stereocenters. The number of halogens is 4. The van der Waals surface area contributed by atoms with Gasteiger partial charge < -0.3 is 0 Å². The van der Waals surface area contributed by atoms with Gasteiger partial charge in [0.2, 0.25) is 0 Å². The van der Waals surface area contributed by atoms with Crippen molar-refractivity contribution in [3.63, 3.8) is 0 Å². The van der Waals surface area contributed by atoms with Crippen LogP contribution in [0.5, 0.6) is 0 Å². The van der Waals surface area contributed by atoms with E-state index in [1.54, 1.807) is 0 Å². The second-order valence-electron chi connectivity index (χ2n) is 8.61. The van der Waals surface area contributed by atoms with Gasteiger partial charge in [0.1, 0.15) is 0 Å². The molecule has 7 aromatic carbocycles. The zero-order valence-electron chi connectivity index (χ0n) is 17.6. The van der Waals surface area contributed by atoms with E-state index in [0.717, 1.165) is 43.8 Å². The van der Waals surface area contributed by atoms with Crippen LogP contribution in [0.2, 0.25) is 0 Å². The Kier molecular flexibility index (Phi) is 3.79. The van der Waals surface area contributed by atoms with E-state index in [4.69, 9.17) is 0 Å². The molecular weight excluding hydrogens is 436 g/mol. The Balaban J connectivity index is 1.79. The van der Waals surface area contributed by atoms with E-state index < -0.39 is 23.3 Å². The summed E-state index contributed by atoms with van der Waals surface area (Å²) in [5.41, 5.74) is 3.39. The predicted octanol–water partition coefficient (Wildman–Crippen LogP) is 9.07. The molecule has 0 bridgehead atoms. The van der Waals surface area contributed by atoms with E-state index in [0.29, 0.717) is 21.5 Å². The zero-order chi connectivity index (χ0) is 23.1. The van der Waals surface area contributed by atoms with Crippen LogP contribution in [0.4, 0.5) is 17.6 Å². The second kappa shape index (κ2) is 6.67. The summed E-state index contributed by atoms with van der Waals surface area (Å²) < 4.78 is 57.2. The van der Waals surface area contributed by atoms with Gasteiger partial charge in [-0.2, -0.15) is 0 Å². The van der Waals surface area contributed by atoms with Crippen molar-refractivity contribution in [3.05, 3.63) is 108 Å². The van der Waals surface area contributed by atoms with Crippen molar-refractivity contribution in [1.29, 1.82) is 0 Å². The molecular formula is C30H14F4. The maximum Gasteiger partial charge on any atom is 0.159 e. The first kappa shape index (κ1) is 19.3. The summed E-state index contributed by atoms with van der Waals surface area (Å²) in [6.07, 6.45) is 0. The molecule has 0 aromatic heterocycles. The lowest BCUT2D eigenvalue weighted by molar-refractivity contribution is 0.511. The minimum Gasteiger partial charge on any atom is -0.204 e. The molecule has 0 radical (unpaired) electrons. The van der Waals surface area contributed by atoms with E-state index in [1.165, 1.54) is 24.3 Å². The fourth-order valence-electron chi connectivity index (χ4n) is 5.41. The van der Waals surface area contributed by atoms with Crippen LogP contribution in [0.3, 0.4) is 0 Å². The number of hydrogen-bond acceptors (Lipinski definition) is 0. The monoisotopic (exact) mass is 450 g/mol. The Morgan fingerprint density at radius 1 is 0.353 bits per heavy atom. The van der Waals surface area contributed by atoms with Crippen LogP contribution in [0.1, 0.15) is 0 Å². The molecule has 7 aromatic rings. The molecule has 0 fully saturated rings. The molecule has 0 N–H and O–H groups in total. The van der Waals surface area contributed by atoms with Gasteiger partial charge in [-0.3, -0.25) is 0 Å². The molecule has 0 aliphatic heterocycles. The number of benzene rings is 5. The molecule has 34 heavy (non-hydrogen) atoms. The first-order valence-electron chi connectivity index (χ1n) is 10.9. The molecule has 0 nitrogen and oxygen atoms in total. The van der Waals surface area contributed by atoms with Gasteiger partial charge in [0.15, 0.2) is 23.3 Å². The van der Waals surface area contributed by atoms with Crippen molar-refractivity contribution in [3.8, 4) is 22.3 Å². The third-order valence-corrected chi connectivity index (χ3v) is 6.82. The fraction of sp³-hybridized carbons (Fsp3) is 0. The number of hydrogen-bond donors (Lipinski definition) is 0. The van der Waals surface area contributed by atoms with Gasteiger partial charge >= 0.3 is 0 Å². The molecule has 0 saturated carbocycles. The van der Waals surface area contributed by atoms with Crippen molar-refractivity contribution in [2.45, 2.75) is 0 Å². The molecule has 0 aliphatic carbocycles. The van der Waals surface area contributed by atoms with E-state index in [1.807, 2.05) is 60.7 Å². The van der Waals surface area contributed by atoms with Gasteiger partial charge in [-0.25, -0.2) is 17.6 Å². The highest BCUT2D eigenvalue weighted by atomic mass is 19.2. The molecule has 0 saturated heterocycles. The third-order valence-electron chi connectivity index (χ3n) is 6.82. The molecule has 0 atom stereocenters. The quantitative estimate of drug-likeness (QED) is 0.231. The molecule has 0 amide bonds. The van der Waals surface area contributed by atoms with Crippen LogP contribution < -0.4 is 0 Å².